The predicted octanol–water partition coefficient (Wildman–Crippen LogP) is 3.12. The van der Waals surface area contributed by atoms with Gasteiger partial charge in [-0.1, -0.05) is 0 Å². The molecule has 0 aliphatic rings. The van der Waals surface area contributed by atoms with Gasteiger partial charge >= 0.3 is 0 Å². The molecule has 4 nitrogen and oxygen atoms in total. The van der Waals surface area contributed by atoms with Crippen LogP contribution in [0.2, 0.25) is 0 Å². The van der Waals surface area contributed by atoms with Crippen LogP contribution in [0.5, 0.6) is 5.75 Å². The Balaban J connectivity index is 2.37. The number of pyridine rings is 1. The number of halogens is 1. The van der Waals surface area contributed by atoms with Gasteiger partial charge in [-0.15, -0.1) is 0 Å². The predicted molar refractivity (Wildman–Crippen MR) is 87.0 cm³/mol. The maximum atomic E-state index is 12.1. The molecule has 0 unspecified atom stereocenters. The molecule has 5 heteroatoms. The second-order valence-corrected chi connectivity index (χ2v) is 5.35. The van der Waals surface area contributed by atoms with Gasteiger partial charge in [0.1, 0.15) is 5.75 Å². The van der Waals surface area contributed by atoms with Gasteiger partial charge in [-0.05, 0) is 71.5 Å². The van der Waals surface area contributed by atoms with Gasteiger partial charge in [-0.25, -0.2) is 0 Å². The minimum Gasteiger partial charge on any atom is -0.468 e. The molecular weight excluding hydrogens is 369 g/mol. The minimum atomic E-state index is 0.0466. The lowest BCUT2D eigenvalue weighted by molar-refractivity contribution is 0.0511. The molecule has 0 atom stereocenters. The van der Waals surface area contributed by atoms with Gasteiger partial charge in [-0.2, -0.15) is 0 Å². The molecule has 1 aromatic heterocycles. The van der Waals surface area contributed by atoms with Gasteiger partial charge in [0.25, 0.3) is 5.56 Å². The van der Waals surface area contributed by atoms with Gasteiger partial charge in [0.05, 0.1) is 9.26 Å². The zero-order valence-corrected chi connectivity index (χ0v) is 13.6. The van der Waals surface area contributed by atoms with Crippen LogP contribution in [0.15, 0.2) is 41.2 Å². The highest BCUT2D eigenvalue weighted by Gasteiger charge is 2.07. The molecule has 0 aliphatic heterocycles. The van der Waals surface area contributed by atoms with Crippen molar-refractivity contribution in [2.75, 3.05) is 13.9 Å². The Morgan fingerprint density at radius 2 is 1.85 bits per heavy atom. The first-order chi connectivity index (χ1) is 9.67. The molecule has 20 heavy (non-hydrogen) atoms. The van der Waals surface area contributed by atoms with Gasteiger partial charge in [0.2, 0.25) is 0 Å². The van der Waals surface area contributed by atoms with E-state index in [1.165, 1.54) is 0 Å². The van der Waals surface area contributed by atoms with Crippen LogP contribution in [0.1, 0.15) is 6.92 Å². The lowest BCUT2D eigenvalue weighted by atomic mass is 10.1. The highest BCUT2D eigenvalue weighted by molar-refractivity contribution is 14.1. The molecule has 106 valence electrons. The largest absolute Gasteiger partial charge is 0.468 e. The van der Waals surface area contributed by atoms with Crippen LogP contribution in [0.4, 0.5) is 0 Å². The monoisotopic (exact) mass is 385 g/mol. The Hall–Kier alpha value is -1.34. The van der Waals surface area contributed by atoms with Crippen LogP contribution >= 0.6 is 22.6 Å². The maximum Gasteiger partial charge on any atom is 0.264 e. The lowest BCUT2D eigenvalue weighted by Gasteiger charge is -2.12. The summed E-state index contributed by atoms with van der Waals surface area (Å²) in [6, 6.07) is 11.4. The molecule has 0 N–H and O–H groups in total. The topological polar surface area (TPSA) is 40.5 Å². The van der Waals surface area contributed by atoms with Crippen molar-refractivity contribution in [2.45, 2.75) is 13.5 Å². The third kappa shape index (κ3) is 3.21. The number of aromatic nitrogens is 1. The Morgan fingerprint density at radius 3 is 2.45 bits per heavy atom. The van der Waals surface area contributed by atoms with Gasteiger partial charge in [-0.3, -0.25) is 4.79 Å². The first-order valence-electron chi connectivity index (χ1n) is 6.29. The highest BCUT2D eigenvalue weighted by atomic mass is 127. The van der Waals surface area contributed by atoms with Gasteiger partial charge in [0.15, 0.2) is 6.79 Å². The van der Waals surface area contributed by atoms with E-state index in [2.05, 4.69) is 22.6 Å². The van der Waals surface area contributed by atoms with Crippen LogP contribution < -0.4 is 10.3 Å². The molecule has 0 saturated carbocycles. The Bertz CT molecular complexity index is 635. The van der Waals surface area contributed by atoms with Gasteiger partial charge < -0.3 is 14.0 Å². The number of methoxy groups -OCH3 is 1. The highest BCUT2D eigenvalue weighted by Crippen LogP contribution is 2.22. The molecule has 2 aromatic rings. The second-order valence-electron chi connectivity index (χ2n) is 4.19. The van der Waals surface area contributed by atoms with Crippen molar-refractivity contribution in [2.24, 2.45) is 0 Å². The first-order valence-corrected chi connectivity index (χ1v) is 7.36. The van der Waals surface area contributed by atoms with Crippen molar-refractivity contribution in [1.82, 2.24) is 4.57 Å². The van der Waals surface area contributed by atoms with Crippen molar-refractivity contribution < 1.29 is 9.47 Å². The van der Waals surface area contributed by atoms with Crippen LogP contribution in [0.3, 0.4) is 0 Å². The SMILES string of the molecule is CCn1c(-c2ccc(OCOC)cc2)ccc(I)c1=O. The van der Waals surface area contributed by atoms with Crippen LogP contribution in [-0.4, -0.2) is 18.5 Å². The molecular formula is C15H16INO3. The van der Waals surface area contributed by atoms with Gasteiger partial charge in [0, 0.05) is 13.7 Å². The summed E-state index contributed by atoms with van der Waals surface area (Å²) in [5, 5.41) is 0. The molecule has 2 rings (SSSR count). The van der Waals surface area contributed by atoms with E-state index in [4.69, 9.17) is 9.47 Å². The molecule has 0 radical (unpaired) electrons. The number of benzene rings is 1. The Kier molecular flexibility index (Phi) is 5.19. The van der Waals surface area contributed by atoms with Crippen LogP contribution in [0.25, 0.3) is 11.3 Å². The molecule has 0 saturated heterocycles. The first kappa shape index (κ1) is 15.1. The number of rotatable bonds is 5. The smallest absolute Gasteiger partial charge is 0.264 e. The number of hydrogen-bond donors (Lipinski definition) is 0. The van der Waals surface area contributed by atoms with Crippen molar-refractivity contribution in [3.8, 4) is 17.0 Å². The summed E-state index contributed by atoms with van der Waals surface area (Å²) in [6.07, 6.45) is 0. The van der Waals surface area contributed by atoms with E-state index in [0.717, 1.165) is 20.6 Å². The molecule has 0 amide bonds. The molecule has 0 bridgehead atoms. The standard InChI is InChI=1S/C15H16INO3/c1-3-17-14(9-8-13(16)15(17)18)11-4-6-12(7-5-11)20-10-19-2/h4-9H,3,10H2,1-2H3. The van der Waals surface area contributed by atoms with E-state index in [9.17, 15) is 4.79 Å². The zero-order chi connectivity index (χ0) is 14.5. The molecule has 1 heterocycles. The van der Waals surface area contributed by atoms with E-state index < -0.39 is 0 Å². The quantitative estimate of drug-likeness (QED) is 0.587. The molecule has 0 aliphatic carbocycles. The average Bonchev–Trinajstić information content (AvgIpc) is 2.48. The second kappa shape index (κ2) is 6.90. The van der Waals surface area contributed by atoms with Crippen molar-refractivity contribution in [3.05, 3.63) is 50.3 Å². The maximum absolute atomic E-state index is 12.1. The van der Waals surface area contributed by atoms with Crippen molar-refractivity contribution in [3.63, 3.8) is 0 Å². The van der Waals surface area contributed by atoms with E-state index in [1.54, 1.807) is 11.7 Å². The van der Waals surface area contributed by atoms with E-state index in [0.29, 0.717) is 6.54 Å². The Labute approximate surface area is 131 Å². The van der Waals surface area contributed by atoms with Crippen LogP contribution in [-0.2, 0) is 11.3 Å². The van der Waals surface area contributed by atoms with E-state index in [1.807, 2.05) is 43.3 Å². The summed E-state index contributed by atoms with van der Waals surface area (Å²) in [5.41, 5.74) is 1.95. The summed E-state index contributed by atoms with van der Waals surface area (Å²) in [5.74, 6) is 0.742. The molecule has 1 aromatic carbocycles. The summed E-state index contributed by atoms with van der Waals surface area (Å²) >= 11 is 2.06. The van der Waals surface area contributed by atoms with Crippen molar-refractivity contribution >= 4 is 22.6 Å². The lowest BCUT2D eigenvalue weighted by Crippen LogP contribution is -2.22. The third-order valence-electron chi connectivity index (χ3n) is 2.94. The number of nitrogens with zero attached hydrogens (tertiary/aromatic N) is 1. The van der Waals surface area contributed by atoms with E-state index in [-0.39, 0.29) is 12.4 Å². The summed E-state index contributed by atoms with van der Waals surface area (Å²) in [4.78, 5) is 12.1. The average molecular weight is 385 g/mol. The summed E-state index contributed by atoms with van der Waals surface area (Å²) in [7, 11) is 1.58. The fourth-order valence-electron chi connectivity index (χ4n) is 1.97. The number of hydrogen-bond acceptors (Lipinski definition) is 3. The fourth-order valence-corrected chi connectivity index (χ4v) is 2.44. The number of ether oxygens (including phenoxy) is 2. The minimum absolute atomic E-state index is 0.0466. The molecule has 0 fully saturated rings. The fraction of sp³-hybridized carbons (Fsp3) is 0.267. The third-order valence-corrected chi connectivity index (χ3v) is 3.76. The molecule has 0 spiro atoms. The van der Waals surface area contributed by atoms with E-state index >= 15 is 0 Å². The summed E-state index contributed by atoms with van der Waals surface area (Å²) < 4.78 is 12.7. The zero-order valence-electron chi connectivity index (χ0n) is 11.4. The van der Waals surface area contributed by atoms with Crippen LogP contribution in [0, 0.1) is 3.57 Å². The van der Waals surface area contributed by atoms with Crippen molar-refractivity contribution in [1.29, 1.82) is 0 Å². The Morgan fingerprint density at radius 1 is 1.15 bits per heavy atom. The normalized spacial score (nSPS) is 10.6. The summed E-state index contributed by atoms with van der Waals surface area (Å²) in [6.45, 7) is 2.84.